The molecule has 0 aromatic heterocycles. The van der Waals surface area contributed by atoms with Crippen LogP contribution < -0.4 is 14.4 Å². The quantitative estimate of drug-likeness (QED) is 0.627. The molecule has 1 atom stereocenters. The van der Waals surface area contributed by atoms with Crippen LogP contribution in [-0.4, -0.2) is 43.0 Å². The molecule has 2 aliphatic rings. The molecule has 32 heavy (non-hydrogen) atoms. The van der Waals surface area contributed by atoms with Gasteiger partial charge in [0.1, 0.15) is 17.2 Å². The first-order chi connectivity index (χ1) is 15.4. The first-order valence-electron chi connectivity index (χ1n) is 11.2. The van der Waals surface area contributed by atoms with Gasteiger partial charge in [0, 0.05) is 13.1 Å². The molecule has 1 unspecified atom stereocenters. The molecule has 2 aromatic rings. The summed E-state index contributed by atoms with van der Waals surface area (Å²) in [5.41, 5.74) is 2.10. The summed E-state index contributed by atoms with van der Waals surface area (Å²) >= 11 is 0. The number of amides is 2. The molecule has 2 amide bonds. The van der Waals surface area contributed by atoms with E-state index in [1.54, 1.807) is 19.2 Å². The molecule has 1 fully saturated rings. The summed E-state index contributed by atoms with van der Waals surface area (Å²) in [5.74, 6) is 1.06. The Morgan fingerprint density at radius 2 is 1.72 bits per heavy atom. The lowest BCUT2D eigenvalue weighted by Gasteiger charge is -2.33. The number of hydrogen-bond acceptors (Lipinski definition) is 5. The van der Waals surface area contributed by atoms with Crippen molar-refractivity contribution < 1.29 is 19.1 Å². The van der Waals surface area contributed by atoms with E-state index < -0.39 is 0 Å². The molecule has 0 saturated carbocycles. The Morgan fingerprint density at radius 1 is 1.00 bits per heavy atom. The van der Waals surface area contributed by atoms with Gasteiger partial charge in [-0.2, -0.15) is 0 Å². The number of piperidine rings is 1. The summed E-state index contributed by atoms with van der Waals surface area (Å²) in [6.07, 6.45) is 2.04. The number of ether oxygens (including phenoxy) is 2. The predicted molar refractivity (Wildman–Crippen MR) is 125 cm³/mol. The standard InChI is InChI=1S/C26H30N2O4/c1-17(2)32-22-10-6-5-9-21(22)28-25(29)23(19-11-13-20(31-4)14-12-19)24(26(28)30)27-15-7-8-18(3)16-27/h5-6,9-14,17-18H,7-8,15-16H2,1-4H3. The van der Waals surface area contributed by atoms with E-state index in [0.717, 1.165) is 25.9 Å². The SMILES string of the molecule is COc1ccc(C2=C(N3CCCC(C)C3)C(=O)N(c3ccccc3OC(C)C)C2=O)cc1. The van der Waals surface area contributed by atoms with Crippen LogP contribution in [0.5, 0.6) is 11.5 Å². The number of likely N-dealkylation sites (tertiary alicyclic amines) is 1. The molecule has 0 spiro atoms. The minimum atomic E-state index is -0.326. The number of nitrogens with zero attached hydrogens (tertiary/aromatic N) is 2. The van der Waals surface area contributed by atoms with E-state index in [0.29, 0.717) is 39.9 Å². The number of carbonyl (C=O) groups excluding carboxylic acids is 2. The van der Waals surface area contributed by atoms with E-state index in [2.05, 4.69) is 11.8 Å². The van der Waals surface area contributed by atoms with Crippen molar-refractivity contribution in [2.24, 2.45) is 5.92 Å². The van der Waals surface area contributed by atoms with Crippen molar-refractivity contribution in [3.63, 3.8) is 0 Å². The highest BCUT2D eigenvalue weighted by Gasteiger charge is 2.44. The molecule has 4 rings (SSSR count). The molecule has 6 nitrogen and oxygen atoms in total. The normalized spacial score (nSPS) is 19.2. The molecule has 0 N–H and O–H groups in total. The van der Waals surface area contributed by atoms with Crippen LogP contribution in [0, 0.1) is 5.92 Å². The fourth-order valence-corrected chi connectivity index (χ4v) is 4.44. The van der Waals surface area contributed by atoms with Gasteiger partial charge in [0.15, 0.2) is 0 Å². The number of imide groups is 1. The Kier molecular flexibility index (Phi) is 6.21. The minimum absolute atomic E-state index is 0.0830. The van der Waals surface area contributed by atoms with E-state index in [1.165, 1.54) is 4.90 Å². The zero-order chi connectivity index (χ0) is 22.8. The smallest absolute Gasteiger partial charge is 0.282 e. The second kappa shape index (κ2) is 9.07. The van der Waals surface area contributed by atoms with Gasteiger partial charge in [0.25, 0.3) is 11.8 Å². The molecular formula is C26H30N2O4. The van der Waals surface area contributed by atoms with E-state index in [-0.39, 0.29) is 17.9 Å². The molecule has 2 aromatic carbocycles. The van der Waals surface area contributed by atoms with Gasteiger partial charge >= 0.3 is 0 Å². The number of methoxy groups -OCH3 is 1. The molecular weight excluding hydrogens is 404 g/mol. The second-order valence-electron chi connectivity index (χ2n) is 8.73. The van der Waals surface area contributed by atoms with Crippen LogP contribution in [-0.2, 0) is 9.59 Å². The van der Waals surface area contributed by atoms with E-state index in [9.17, 15) is 9.59 Å². The number of anilines is 1. The third-order valence-corrected chi connectivity index (χ3v) is 5.88. The van der Waals surface area contributed by atoms with Crippen molar-refractivity contribution in [1.29, 1.82) is 0 Å². The van der Waals surface area contributed by atoms with Crippen molar-refractivity contribution >= 4 is 23.1 Å². The van der Waals surface area contributed by atoms with E-state index in [1.807, 2.05) is 50.2 Å². The van der Waals surface area contributed by atoms with Crippen molar-refractivity contribution in [3.8, 4) is 11.5 Å². The third-order valence-electron chi connectivity index (χ3n) is 5.88. The maximum absolute atomic E-state index is 13.8. The van der Waals surface area contributed by atoms with Crippen molar-refractivity contribution in [2.75, 3.05) is 25.1 Å². The van der Waals surface area contributed by atoms with Gasteiger partial charge < -0.3 is 14.4 Å². The highest BCUT2D eigenvalue weighted by atomic mass is 16.5. The lowest BCUT2D eigenvalue weighted by molar-refractivity contribution is -0.120. The lowest BCUT2D eigenvalue weighted by atomic mass is 9.98. The molecule has 1 saturated heterocycles. The summed E-state index contributed by atoms with van der Waals surface area (Å²) in [6, 6.07) is 14.5. The van der Waals surface area contributed by atoms with Crippen molar-refractivity contribution in [1.82, 2.24) is 4.90 Å². The van der Waals surface area contributed by atoms with Crippen LogP contribution in [0.3, 0.4) is 0 Å². The summed E-state index contributed by atoms with van der Waals surface area (Å²) < 4.78 is 11.2. The van der Waals surface area contributed by atoms with E-state index >= 15 is 0 Å². The highest BCUT2D eigenvalue weighted by molar-refractivity contribution is 6.45. The fraction of sp³-hybridized carbons (Fsp3) is 0.385. The molecule has 2 aliphatic heterocycles. The van der Waals surface area contributed by atoms with Crippen LogP contribution in [0.1, 0.15) is 39.2 Å². The maximum Gasteiger partial charge on any atom is 0.282 e. The number of rotatable bonds is 6. The topological polar surface area (TPSA) is 59.1 Å². The number of para-hydroxylation sites is 2. The monoisotopic (exact) mass is 434 g/mol. The summed E-state index contributed by atoms with van der Waals surface area (Å²) in [5, 5.41) is 0. The Labute approximate surface area is 189 Å². The van der Waals surface area contributed by atoms with Gasteiger partial charge in [-0.3, -0.25) is 9.59 Å². The molecule has 0 radical (unpaired) electrons. The van der Waals surface area contributed by atoms with Crippen LogP contribution in [0.2, 0.25) is 0 Å². The highest BCUT2D eigenvalue weighted by Crippen LogP contribution is 2.40. The van der Waals surface area contributed by atoms with Gasteiger partial charge in [0.05, 0.1) is 24.5 Å². The Hall–Kier alpha value is -3.28. The molecule has 6 heteroatoms. The maximum atomic E-state index is 13.8. The molecule has 0 bridgehead atoms. The van der Waals surface area contributed by atoms with Crippen LogP contribution in [0.15, 0.2) is 54.2 Å². The molecule has 2 heterocycles. The molecule has 0 aliphatic carbocycles. The molecule has 168 valence electrons. The third kappa shape index (κ3) is 4.09. The average Bonchev–Trinajstić information content (AvgIpc) is 3.04. The zero-order valence-corrected chi connectivity index (χ0v) is 19.1. The van der Waals surface area contributed by atoms with Crippen molar-refractivity contribution in [2.45, 2.75) is 39.7 Å². The Bertz CT molecular complexity index is 1040. The van der Waals surface area contributed by atoms with Crippen LogP contribution in [0.25, 0.3) is 5.57 Å². The van der Waals surface area contributed by atoms with Gasteiger partial charge in [-0.25, -0.2) is 4.90 Å². The summed E-state index contributed by atoms with van der Waals surface area (Å²) in [6.45, 7) is 7.55. The van der Waals surface area contributed by atoms with Gasteiger partial charge in [-0.05, 0) is 62.4 Å². The first-order valence-corrected chi connectivity index (χ1v) is 11.2. The van der Waals surface area contributed by atoms with Crippen molar-refractivity contribution in [3.05, 3.63) is 59.8 Å². The van der Waals surface area contributed by atoms with E-state index in [4.69, 9.17) is 9.47 Å². The zero-order valence-electron chi connectivity index (χ0n) is 19.1. The Balaban J connectivity index is 1.82. The second-order valence-corrected chi connectivity index (χ2v) is 8.73. The van der Waals surface area contributed by atoms with Gasteiger partial charge in [-0.1, -0.05) is 31.2 Å². The Morgan fingerprint density at radius 3 is 2.38 bits per heavy atom. The first kappa shape index (κ1) is 21.9. The average molecular weight is 435 g/mol. The van der Waals surface area contributed by atoms with Crippen LogP contribution in [0.4, 0.5) is 5.69 Å². The largest absolute Gasteiger partial charge is 0.497 e. The predicted octanol–water partition coefficient (Wildman–Crippen LogP) is 4.50. The fourth-order valence-electron chi connectivity index (χ4n) is 4.44. The minimum Gasteiger partial charge on any atom is -0.497 e. The lowest BCUT2D eigenvalue weighted by Crippen LogP contribution is -2.39. The number of carbonyl (C=O) groups is 2. The number of benzene rings is 2. The summed E-state index contributed by atoms with van der Waals surface area (Å²) in [7, 11) is 1.60. The van der Waals surface area contributed by atoms with Gasteiger partial charge in [-0.15, -0.1) is 0 Å². The van der Waals surface area contributed by atoms with Gasteiger partial charge in [0.2, 0.25) is 0 Å². The number of hydrogen-bond donors (Lipinski definition) is 0. The van der Waals surface area contributed by atoms with Crippen LogP contribution >= 0.6 is 0 Å². The summed E-state index contributed by atoms with van der Waals surface area (Å²) in [4.78, 5) is 30.9.